The van der Waals surface area contributed by atoms with Crippen molar-refractivity contribution >= 4 is 56.5 Å². The molecule has 2 aromatic carbocycles. The molecule has 0 unspecified atom stereocenters. The fraction of sp³-hybridized carbons (Fsp3) is 0.0500. The van der Waals surface area contributed by atoms with Gasteiger partial charge in [0.05, 0.1) is 0 Å². The fourth-order valence-electron chi connectivity index (χ4n) is 2.70. The third-order valence-electron chi connectivity index (χ3n) is 4.03. The second-order valence-electron chi connectivity index (χ2n) is 5.98. The standard InChI is InChI=1S/C20H12Cl2N2O3S/c21-13-5-6-16(22)12(7-13)8-14-10-23-20(28-14)24-18(25)15-9-11-3-1-2-4-17(11)27-19(15)26/h1-7,9-10H,8H2,(H,23,24,25). The van der Waals surface area contributed by atoms with Crippen molar-refractivity contribution in [3.8, 4) is 0 Å². The highest BCUT2D eigenvalue weighted by atomic mass is 35.5. The molecule has 1 amide bonds. The lowest BCUT2D eigenvalue weighted by Crippen LogP contribution is -2.20. The SMILES string of the molecule is O=C(Nc1ncc(Cc2cc(Cl)ccc2Cl)s1)c1cc2ccccc2oc1=O. The van der Waals surface area contributed by atoms with Crippen molar-refractivity contribution in [2.24, 2.45) is 0 Å². The number of anilines is 1. The minimum Gasteiger partial charge on any atom is -0.422 e. The highest BCUT2D eigenvalue weighted by Crippen LogP contribution is 2.27. The molecular formula is C20H12Cl2N2O3S. The van der Waals surface area contributed by atoms with Crippen molar-refractivity contribution in [1.29, 1.82) is 0 Å². The van der Waals surface area contributed by atoms with Crippen molar-refractivity contribution in [3.63, 3.8) is 0 Å². The lowest BCUT2D eigenvalue weighted by Gasteiger charge is -2.03. The van der Waals surface area contributed by atoms with Crippen molar-refractivity contribution in [2.45, 2.75) is 6.42 Å². The zero-order chi connectivity index (χ0) is 19.7. The molecule has 0 radical (unpaired) electrons. The van der Waals surface area contributed by atoms with Crippen LogP contribution >= 0.6 is 34.5 Å². The smallest absolute Gasteiger partial charge is 0.349 e. The maximum Gasteiger partial charge on any atom is 0.349 e. The van der Waals surface area contributed by atoms with E-state index in [9.17, 15) is 9.59 Å². The molecule has 2 heterocycles. The topological polar surface area (TPSA) is 72.2 Å². The van der Waals surface area contributed by atoms with Gasteiger partial charge in [-0.05, 0) is 35.9 Å². The van der Waals surface area contributed by atoms with E-state index in [1.54, 1.807) is 48.7 Å². The van der Waals surface area contributed by atoms with E-state index >= 15 is 0 Å². The summed E-state index contributed by atoms with van der Waals surface area (Å²) in [7, 11) is 0. The Morgan fingerprint density at radius 3 is 2.82 bits per heavy atom. The Morgan fingerprint density at radius 2 is 1.96 bits per heavy atom. The fourth-order valence-corrected chi connectivity index (χ4v) is 3.91. The van der Waals surface area contributed by atoms with Gasteiger partial charge in [-0.1, -0.05) is 41.4 Å². The van der Waals surface area contributed by atoms with Gasteiger partial charge in [-0.25, -0.2) is 9.78 Å². The number of carbonyl (C=O) groups excluding carboxylic acids is 1. The first-order valence-electron chi connectivity index (χ1n) is 8.22. The first kappa shape index (κ1) is 18.7. The van der Waals surface area contributed by atoms with Crippen LogP contribution in [0.4, 0.5) is 5.13 Å². The number of nitrogens with one attached hydrogen (secondary N) is 1. The molecule has 140 valence electrons. The number of amides is 1. The van der Waals surface area contributed by atoms with E-state index < -0.39 is 11.5 Å². The molecule has 1 N–H and O–H groups in total. The minimum atomic E-state index is -0.696. The van der Waals surface area contributed by atoms with E-state index in [4.69, 9.17) is 27.6 Å². The zero-order valence-electron chi connectivity index (χ0n) is 14.2. The molecule has 4 aromatic rings. The zero-order valence-corrected chi connectivity index (χ0v) is 16.6. The number of rotatable bonds is 4. The van der Waals surface area contributed by atoms with Crippen molar-refractivity contribution < 1.29 is 9.21 Å². The molecule has 0 fully saturated rings. The number of halogens is 2. The third kappa shape index (κ3) is 3.94. The van der Waals surface area contributed by atoms with Gasteiger partial charge in [0.15, 0.2) is 5.13 Å². The molecule has 0 bridgehead atoms. The van der Waals surface area contributed by atoms with E-state index in [0.717, 1.165) is 10.4 Å². The molecule has 0 spiro atoms. The maximum atomic E-state index is 12.5. The van der Waals surface area contributed by atoms with E-state index in [1.165, 1.54) is 17.4 Å². The van der Waals surface area contributed by atoms with Crippen LogP contribution in [0.1, 0.15) is 20.8 Å². The average Bonchev–Trinajstić information content (AvgIpc) is 3.11. The summed E-state index contributed by atoms with van der Waals surface area (Å²) in [6.07, 6.45) is 2.19. The molecule has 4 rings (SSSR count). The van der Waals surface area contributed by atoms with Crippen LogP contribution in [-0.2, 0) is 6.42 Å². The highest BCUT2D eigenvalue weighted by molar-refractivity contribution is 7.15. The van der Waals surface area contributed by atoms with Gasteiger partial charge in [0.1, 0.15) is 11.1 Å². The first-order valence-corrected chi connectivity index (χ1v) is 9.80. The molecule has 0 saturated heterocycles. The van der Waals surface area contributed by atoms with Crippen LogP contribution in [0, 0.1) is 0 Å². The molecule has 0 saturated carbocycles. The predicted octanol–water partition coefficient (Wildman–Crippen LogP) is 5.40. The second kappa shape index (κ2) is 7.75. The van der Waals surface area contributed by atoms with Crippen LogP contribution in [-0.4, -0.2) is 10.9 Å². The van der Waals surface area contributed by atoms with Crippen LogP contribution in [0.25, 0.3) is 11.0 Å². The van der Waals surface area contributed by atoms with Gasteiger partial charge in [-0.3, -0.25) is 10.1 Å². The Morgan fingerprint density at radius 1 is 1.14 bits per heavy atom. The summed E-state index contributed by atoms with van der Waals surface area (Å²) >= 11 is 13.5. The lowest BCUT2D eigenvalue weighted by molar-refractivity contribution is 0.102. The Bertz CT molecular complexity index is 1250. The van der Waals surface area contributed by atoms with Crippen LogP contribution in [0.5, 0.6) is 0 Å². The van der Waals surface area contributed by atoms with Crippen LogP contribution in [0.2, 0.25) is 10.0 Å². The van der Waals surface area contributed by atoms with Crippen LogP contribution in [0.15, 0.2) is 63.9 Å². The molecule has 2 aromatic heterocycles. The van der Waals surface area contributed by atoms with E-state index in [1.807, 2.05) is 0 Å². The van der Waals surface area contributed by atoms with Gasteiger partial charge in [0.2, 0.25) is 0 Å². The Balaban J connectivity index is 1.54. The summed E-state index contributed by atoms with van der Waals surface area (Å²) in [4.78, 5) is 29.7. The molecular weight excluding hydrogens is 419 g/mol. The number of benzene rings is 2. The third-order valence-corrected chi connectivity index (χ3v) is 5.55. The van der Waals surface area contributed by atoms with Gasteiger partial charge in [0, 0.05) is 32.9 Å². The van der Waals surface area contributed by atoms with Gasteiger partial charge in [-0.15, -0.1) is 11.3 Å². The Kier molecular flexibility index (Phi) is 5.17. The van der Waals surface area contributed by atoms with E-state index in [2.05, 4.69) is 10.3 Å². The number of hydrogen-bond donors (Lipinski definition) is 1. The van der Waals surface area contributed by atoms with Gasteiger partial charge < -0.3 is 4.42 Å². The Hall–Kier alpha value is -2.67. The number of hydrogen-bond acceptors (Lipinski definition) is 5. The number of para-hydroxylation sites is 1. The molecule has 5 nitrogen and oxygen atoms in total. The van der Waals surface area contributed by atoms with E-state index in [0.29, 0.717) is 32.6 Å². The normalized spacial score (nSPS) is 10.9. The van der Waals surface area contributed by atoms with Gasteiger partial charge >= 0.3 is 5.63 Å². The van der Waals surface area contributed by atoms with Crippen molar-refractivity contribution in [3.05, 3.63) is 91.2 Å². The second-order valence-corrected chi connectivity index (χ2v) is 7.94. The summed E-state index contributed by atoms with van der Waals surface area (Å²) < 4.78 is 5.20. The summed E-state index contributed by atoms with van der Waals surface area (Å²) in [5.41, 5.74) is 0.525. The molecule has 0 atom stereocenters. The molecule has 0 aliphatic rings. The summed E-state index contributed by atoms with van der Waals surface area (Å²) in [5.74, 6) is -0.568. The molecule has 0 aliphatic carbocycles. The van der Waals surface area contributed by atoms with E-state index in [-0.39, 0.29) is 5.56 Å². The van der Waals surface area contributed by atoms with Gasteiger partial charge in [0.25, 0.3) is 5.91 Å². The summed E-state index contributed by atoms with van der Waals surface area (Å²) in [5, 5.41) is 4.90. The maximum absolute atomic E-state index is 12.5. The number of carbonyl (C=O) groups is 1. The average molecular weight is 431 g/mol. The van der Waals surface area contributed by atoms with Crippen molar-refractivity contribution in [1.82, 2.24) is 4.98 Å². The monoisotopic (exact) mass is 430 g/mol. The minimum absolute atomic E-state index is 0.0756. The van der Waals surface area contributed by atoms with Crippen molar-refractivity contribution in [2.75, 3.05) is 5.32 Å². The molecule has 28 heavy (non-hydrogen) atoms. The van der Waals surface area contributed by atoms with Crippen LogP contribution < -0.4 is 10.9 Å². The highest BCUT2D eigenvalue weighted by Gasteiger charge is 2.16. The number of aromatic nitrogens is 1. The lowest BCUT2D eigenvalue weighted by atomic mass is 10.1. The van der Waals surface area contributed by atoms with Gasteiger partial charge in [-0.2, -0.15) is 0 Å². The largest absolute Gasteiger partial charge is 0.422 e. The number of fused-ring (bicyclic) bond motifs is 1. The quantitative estimate of drug-likeness (QED) is 0.439. The summed E-state index contributed by atoms with van der Waals surface area (Å²) in [6, 6.07) is 13.8. The first-order chi connectivity index (χ1) is 13.5. The number of nitrogens with zero attached hydrogens (tertiary/aromatic N) is 1. The predicted molar refractivity (Wildman–Crippen MR) is 112 cm³/mol. The number of thiazole rings is 1. The molecule has 0 aliphatic heterocycles. The summed E-state index contributed by atoms with van der Waals surface area (Å²) in [6.45, 7) is 0. The van der Waals surface area contributed by atoms with Crippen LogP contribution in [0.3, 0.4) is 0 Å². The molecule has 8 heteroatoms. The Labute approximate surface area is 173 Å².